The van der Waals surface area contributed by atoms with Crippen molar-refractivity contribution in [3.8, 4) is 5.75 Å². The van der Waals surface area contributed by atoms with Gasteiger partial charge in [-0.1, -0.05) is 0 Å². The molecule has 0 bridgehead atoms. The average molecular weight is 290 g/mol. The second kappa shape index (κ2) is 7.35. The molecule has 0 saturated carbocycles. The van der Waals surface area contributed by atoms with E-state index >= 15 is 0 Å². The summed E-state index contributed by atoms with van der Waals surface area (Å²) in [5.41, 5.74) is 1.07. The Morgan fingerprint density at radius 1 is 1.29 bits per heavy atom. The van der Waals surface area contributed by atoms with Crippen LogP contribution >= 0.6 is 0 Å². The number of amides is 1. The van der Waals surface area contributed by atoms with Crippen LogP contribution in [0.15, 0.2) is 42.7 Å². The maximum atomic E-state index is 12.7. The van der Waals surface area contributed by atoms with Crippen molar-refractivity contribution in [2.45, 2.75) is 13.0 Å². The molecule has 0 aliphatic carbocycles. The zero-order valence-electron chi connectivity index (χ0n) is 11.3. The second-order valence-corrected chi connectivity index (χ2v) is 4.29. The Morgan fingerprint density at radius 2 is 2.05 bits per heavy atom. The van der Waals surface area contributed by atoms with Crippen molar-refractivity contribution in [3.63, 3.8) is 0 Å². The summed E-state index contributed by atoms with van der Waals surface area (Å²) in [6.45, 7) is -0.00357. The van der Waals surface area contributed by atoms with Crippen LogP contribution in [-0.4, -0.2) is 22.6 Å². The van der Waals surface area contributed by atoms with Crippen molar-refractivity contribution in [3.05, 3.63) is 54.1 Å². The highest BCUT2D eigenvalue weighted by Crippen LogP contribution is 2.14. The number of nitrogens with zero attached hydrogens (tertiary/aromatic N) is 1. The summed E-state index contributed by atoms with van der Waals surface area (Å²) in [4.78, 5) is 15.7. The van der Waals surface area contributed by atoms with E-state index in [0.717, 1.165) is 0 Å². The molecule has 1 aromatic carbocycles. The summed E-state index contributed by atoms with van der Waals surface area (Å²) < 4.78 is 18.0. The van der Waals surface area contributed by atoms with E-state index < -0.39 is 0 Å². The number of aliphatic hydroxyl groups excluding tert-OH is 1. The van der Waals surface area contributed by atoms with Gasteiger partial charge in [-0.25, -0.2) is 4.39 Å². The molecule has 1 amide bonds. The molecule has 110 valence electrons. The van der Waals surface area contributed by atoms with Gasteiger partial charge in [-0.3, -0.25) is 9.78 Å². The van der Waals surface area contributed by atoms with E-state index in [1.165, 1.54) is 30.5 Å². The molecule has 1 heterocycles. The van der Waals surface area contributed by atoms with E-state index in [-0.39, 0.29) is 31.4 Å². The minimum absolute atomic E-state index is 0.136. The highest BCUT2D eigenvalue weighted by Gasteiger charge is 2.07. The lowest BCUT2D eigenvalue weighted by molar-refractivity contribution is -0.116. The van der Waals surface area contributed by atoms with Gasteiger partial charge in [0, 0.05) is 11.8 Å². The maximum Gasteiger partial charge on any atom is 0.227 e. The molecule has 1 aromatic heterocycles. The van der Waals surface area contributed by atoms with Crippen LogP contribution in [0.3, 0.4) is 0 Å². The molecular weight excluding hydrogens is 275 g/mol. The molecule has 0 saturated heterocycles. The zero-order chi connectivity index (χ0) is 15.1. The van der Waals surface area contributed by atoms with Gasteiger partial charge in [0.25, 0.3) is 0 Å². The number of pyridine rings is 1. The number of ether oxygens (including phenoxy) is 1. The van der Waals surface area contributed by atoms with Gasteiger partial charge in [0.2, 0.25) is 5.91 Å². The molecule has 2 aromatic rings. The molecule has 5 nitrogen and oxygen atoms in total. The first-order valence-electron chi connectivity index (χ1n) is 6.41. The van der Waals surface area contributed by atoms with E-state index in [4.69, 9.17) is 9.84 Å². The number of anilines is 1. The first-order valence-corrected chi connectivity index (χ1v) is 6.41. The molecule has 0 atom stereocenters. The highest BCUT2D eigenvalue weighted by molar-refractivity contribution is 5.91. The fourth-order valence-corrected chi connectivity index (χ4v) is 1.68. The van der Waals surface area contributed by atoms with Crippen molar-refractivity contribution in [2.75, 3.05) is 11.9 Å². The lowest BCUT2D eigenvalue weighted by Gasteiger charge is -2.09. The predicted octanol–water partition coefficient (Wildman–Crippen LogP) is 2.12. The Bertz CT molecular complexity index is 602. The molecule has 0 spiro atoms. The minimum Gasteiger partial charge on any atom is -0.493 e. The maximum absolute atomic E-state index is 12.7. The number of carbonyl (C=O) groups excluding carboxylic acids is 1. The Labute approximate surface area is 121 Å². The number of rotatable bonds is 6. The van der Waals surface area contributed by atoms with Crippen LogP contribution < -0.4 is 10.1 Å². The molecule has 0 radical (unpaired) electrons. The Morgan fingerprint density at radius 3 is 2.76 bits per heavy atom. The van der Waals surface area contributed by atoms with Gasteiger partial charge in [0.15, 0.2) is 0 Å². The van der Waals surface area contributed by atoms with Gasteiger partial charge in [-0.05, 0) is 30.3 Å². The number of hydrogen-bond donors (Lipinski definition) is 2. The number of aromatic nitrogens is 1. The number of hydrogen-bond acceptors (Lipinski definition) is 4. The van der Waals surface area contributed by atoms with Crippen LogP contribution in [0.2, 0.25) is 0 Å². The van der Waals surface area contributed by atoms with Crippen molar-refractivity contribution < 1.29 is 19.0 Å². The average Bonchev–Trinajstić information content (AvgIpc) is 2.50. The summed E-state index contributed by atoms with van der Waals surface area (Å²) in [5.74, 6) is -0.0883. The smallest absolute Gasteiger partial charge is 0.227 e. The van der Waals surface area contributed by atoms with E-state index in [1.807, 2.05) is 0 Å². The Kier molecular flexibility index (Phi) is 5.22. The number of nitrogens with one attached hydrogen (secondary N) is 1. The van der Waals surface area contributed by atoms with Gasteiger partial charge in [0.1, 0.15) is 11.6 Å². The van der Waals surface area contributed by atoms with Crippen molar-refractivity contribution in [2.24, 2.45) is 0 Å². The number of halogens is 1. The highest BCUT2D eigenvalue weighted by atomic mass is 19.1. The lowest BCUT2D eigenvalue weighted by Crippen LogP contribution is -2.16. The predicted molar refractivity (Wildman–Crippen MR) is 75.3 cm³/mol. The summed E-state index contributed by atoms with van der Waals surface area (Å²) in [5, 5.41) is 11.8. The number of carbonyl (C=O) groups is 1. The molecule has 6 heteroatoms. The largest absolute Gasteiger partial charge is 0.493 e. The third-order valence-electron chi connectivity index (χ3n) is 2.77. The standard InChI is InChI=1S/C15H15FN2O3/c16-12-1-3-13(4-2-12)21-8-6-15(20)18-14-9-17-7-5-11(14)10-19/h1-5,7,9,19H,6,8,10H2,(H,18,20). The third-order valence-corrected chi connectivity index (χ3v) is 2.77. The van der Waals surface area contributed by atoms with Gasteiger partial charge < -0.3 is 15.2 Å². The molecule has 2 N–H and O–H groups in total. The first kappa shape index (κ1) is 14.9. The monoisotopic (exact) mass is 290 g/mol. The molecule has 0 unspecified atom stereocenters. The molecule has 0 aliphatic heterocycles. The fraction of sp³-hybridized carbons (Fsp3) is 0.200. The van der Waals surface area contributed by atoms with E-state index in [1.54, 1.807) is 12.3 Å². The number of benzene rings is 1. The van der Waals surface area contributed by atoms with Gasteiger partial charge in [-0.15, -0.1) is 0 Å². The van der Waals surface area contributed by atoms with Crippen molar-refractivity contribution >= 4 is 11.6 Å². The van der Waals surface area contributed by atoms with Crippen LogP contribution in [0.5, 0.6) is 5.75 Å². The minimum atomic E-state index is -0.340. The second-order valence-electron chi connectivity index (χ2n) is 4.29. The molecule has 2 rings (SSSR count). The van der Waals surface area contributed by atoms with Crippen LogP contribution in [-0.2, 0) is 11.4 Å². The summed E-state index contributed by atoms with van der Waals surface area (Å²) in [6, 6.07) is 7.21. The van der Waals surface area contributed by atoms with E-state index in [0.29, 0.717) is 17.0 Å². The first-order chi connectivity index (χ1) is 10.2. The normalized spacial score (nSPS) is 10.2. The van der Waals surface area contributed by atoms with Crippen molar-refractivity contribution in [1.29, 1.82) is 0 Å². The van der Waals surface area contributed by atoms with Crippen LogP contribution in [0.4, 0.5) is 10.1 Å². The fourth-order valence-electron chi connectivity index (χ4n) is 1.68. The van der Waals surface area contributed by atoms with Gasteiger partial charge >= 0.3 is 0 Å². The SMILES string of the molecule is O=C(CCOc1ccc(F)cc1)Nc1cnccc1CO. The molecule has 0 fully saturated rings. The third kappa shape index (κ3) is 4.54. The van der Waals surface area contributed by atoms with Crippen LogP contribution in [0.25, 0.3) is 0 Å². The Hall–Kier alpha value is -2.47. The van der Waals surface area contributed by atoms with Crippen molar-refractivity contribution in [1.82, 2.24) is 4.98 Å². The number of aliphatic hydroxyl groups is 1. The van der Waals surface area contributed by atoms with Crippen LogP contribution in [0, 0.1) is 5.82 Å². The van der Waals surface area contributed by atoms with E-state index in [9.17, 15) is 9.18 Å². The Balaban J connectivity index is 1.81. The molecule has 0 aliphatic rings. The van der Waals surface area contributed by atoms with E-state index in [2.05, 4.69) is 10.3 Å². The molecule has 21 heavy (non-hydrogen) atoms. The topological polar surface area (TPSA) is 71.5 Å². The van der Waals surface area contributed by atoms with Gasteiger partial charge in [0.05, 0.1) is 31.5 Å². The quantitative estimate of drug-likeness (QED) is 0.855. The summed E-state index contributed by atoms with van der Waals surface area (Å²) >= 11 is 0. The van der Waals surface area contributed by atoms with Gasteiger partial charge in [-0.2, -0.15) is 0 Å². The molecular formula is C15H15FN2O3. The lowest BCUT2D eigenvalue weighted by atomic mass is 10.2. The van der Waals surface area contributed by atoms with Crippen LogP contribution in [0.1, 0.15) is 12.0 Å². The zero-order valence-corrected chi connectivity index (χ0v) is 11.3. The summed E-state index contributed by atoms with van der Waals surface area (Å²) in [6.07, 6.45) is 3.15. The summed E-state index contributed by atoms with van der Waals surface area (Å²) in [7, 11) is 0.